The van der Waals surface area contributed by atoms with Gasteiger partial charge in [0.25, 0.3) is 10.0 Å². The summed E-state index contributed by atoms with van der Waals surface area (Å²) in [4.78, 5) is 0.648. The first kappa shape index (κ1) is 14.9. The molecule has 0 aliphatic heterocycles. The van der Waals surface area contributed by atoms with Crippen LogP contribution in [0.15, 0.2) is 34.5 Å². The number of aryl methyl sites for hydroxylation is 1. The lowest BCUT2D eigenvalue weighted by Gasteiger charge is -2.09. The summed E-state index contributed by atoms with van der Waals surface area (Å²) in [5, 5.41) is 0. The zero-order chi connectivity index (χ0) is 14.9. The van der Waals surface area contributed by atoms with Crippen LogP contribution in [0.3, 0.4) is 0 Å². The van der Waals surface area contributed by atoms with Gasteiger partial charge in [-0.25, -0.2) is 12.8 Å². The third-order valence-corrected chi connectivity index (χ3v) is 5.86. The predicted octanol–water partition coefficient (Wildman–Crippen LogP) is 2.63. The Hall–Kier alpha value is -1.51. The fraction of sp³-hybridized carbons (Fsp3) is 0.0833. The molecule has 0 saturated carbocycles. The van der Waals surface area contributed by atoms with Gasteiger partial charge in [0.05, 0.1) is 10.6 Å². The van der Waals surface area contributed by atoms with Crippen LogP contribution < -0.4 is 10.5 Å². The molecule has 0 unspecified atom stereocenters. The van der Waals surface area contributed by atoms with E-state index < -0.39 is 15.8 Å². The van der Waals surface area contributed by atoms with E-state index in [4.69, 9.17) is 18.0 Å². The van der Waals surface area contributed by atoms with E-state index in [1.165, 1.54) is 18.2 Å². The summed E-state index contributed by atoms with van der Waals surface area (Å²) in [5.74, 6) is -0.511. The predicted molar refractivity (Wildman–Crippen MR) is 82.2 cm³/mol. The summed E-state index contributed by atoms with van der Waals surface area (Å²) >= 11 is 5.76. The van der Waals surface area contributed by atoms with Crippen molar-refractivity contribution in [3.63, 3.8) is 0 Å². The van der Waals surface area contributed by atoms with E-state index in [1.54, 1.807) is 13.0 Å². The van der Waals surface area contributed by atoms with Gasteiger partial charge >= 0.3 is 0 Å². The number of hydrogen-bond acceptors (Lipinski definition) is 4. The van der Waals surface area contributed by atoms with E-state index in [9.17, 15) is 12.8 Å². The molecule has 1 aromatic heterocycles. The number of thiocarbonyl (C=S) groups is 1. The molecule has 0 aliphatic rings. The second-order valence-corrected chi connectivity index (χ2v) is 7.48. The molecule has 4 nitrogen and oxygen atoms in total. The maximum Gasteiger partial charge on any atom is 0.271 e. The van der Waals surface area contributed by atoms with E-state index in [-0.39, 0.29) is 14.9 Å². The summed E-state index contributed by atoms with van der Waals surface area (Å²) < 4.78 is 40.0. The molecule has 2 aromatic rings. The molecule has 106 valence electrons. The van der Waals surface area contributed by atoms with Gasteiger partial charge in [0.15, 0.2) is 0 Å². The molecule has 1 aromatic carbocycles. The Kier molecular flexibility index (Phi) is 4.07. The number of hydrogen-bond donors (Lipinski definition) is 2. The van der Waals surface area contributed by atoms with Crippen LogP contribution in [0.25, 0.3) is 0 Å². The SMILES string of the molecule is Cc1ccc(F)cc1NS(=O)(=O)c1ccc(C(N)=S)s1. The van der Waals surface area contributed by atoms with Crippen molar-refractivity contribution in [2.45, 2.75) is 11.1 Å². The second-order valence-electron chi connectivity index (χ2n) is 4.05. The van der Waals surface area contributed by atoms with Crippen molar-refractivity contribution in [3.8, 4) is 0 Å². The Bertz CT molecular complexity index is 769. The van der Waals surface area contributed by atoms with Crippen LogP contribution in [0.2, 0.25) is 0 Å². The first-order valence-electron chi connectivity index (χ1n) is 5.48. The standard InChI is InChI=1S/C12H11FN2O2S3/c1-7-2-3-8(13)6-9(7)15-20(16,17)11-5-4-10(19-11)12(14)18/h2-6,15H,1H3,(H2,14,18). The van der Waals surface area contributed by atoms with Crippen molar-refractivity contribution in [1.82, 2.24) is 0 Å². The van der Waals surface area contributed by atoms with Gasteiger partial charge in [-0.15, -0.1) is 11.3 Å². The number of sulfonamides is 1. The number of rotatable bonds is 4. The third kappa shape index (κ3) is 3.14. The Balaban J connectivity index is 2.35. The van der Waals surface area contributed by atoms with E-state index in [2.05, 4.69) is 4.72 Å². The number of anilines is 1. The summed E-state index contributed by atoms with van der Waals surface area (Å²) in [7, 11) is -3.78. The minimum Gasteiger partial charge on any atom is -0.389 e. The first-order chi connectivity index (χ1) is 9.29. The average Bonchev–Trinajstić information content (AvgIpc) is 2.84. The molecule has 0 atom stereocenters. The van der Waals surface area contributed by atoms with Crippen molar-refractivity contribution < 1.29 is 12.8 Å². The van der Waals surface area contributed by atoms with Crippen LogP contribution in [-0.4, -0.2) is 13.4 Å². The van der Waals surface area contributed by atoms with Gasteiger partial charge < -0.3 is 5.73 Å². The number of thiophene rings is 1. The maximum atomic E-state index is 13.2. The number of benzene rings is 1. The molecule has 0 aliphatic carbocycles. The van der Waals surface area contributed by atoms with Gasteiger partial charge in [0.2, 0.25) is 0 Å². The number of halogens is 1. The largest absolute Gasteiger partial charge is 0.389 e. The van der Waals surface area contributed by atoms with Crippen molar-refractivity contribution in [2.24, 2.45) is 5.73 Å². The molecular formula is C12H11FN2O2S3. The van der Waals surface area contributed by atoms with Gasteiger partial charge in [-0.2, -0.15) is 0 Å². The van der Waals surface area contributed by atoms with Crippen molar-refractivity contribution in [3.05, 3.63) is 46.6 Å². The highest BCUT2D eigenvalue weighted by molar-refractivity contribution is 7.94. The third-order valence-electron chi connectivity index (χ3n) is 2.53. The molecule has 0 bridgehead atoms. The normalized spacial score (nSPS) is 11.3. The van der Waals surface area contributed by atoms with Gasteiger partial charge in [-0.05, 0) is 36.8 Å². The lowest BCUT2D eigenvalue weighted by molar-refractivity contribution is 0.603. The molecule has 0 spiro atoms. The van der Waals surface area contributed by atoms with Gasteiger partial charge in [0, 0.05) is 0 Å². The lowest BCUT2D eigenvalue weighted by Crippen LogP contribution is -2.12. The number of nitrogens with one attached hydrogen (secondary N) is 1. The van der Waals surface area contributed by atoms with Crippen LogP contribution in [0.4, 0.5) is 10.1 Å². The smallest absolute Gasteiger partial charge is 0.271 e. The second kappa shape index (κ2) is 5.47. The molecule has 0 saturated heterocycles. The van der Waals surface area contributed by atoms with E-state index in [1.807, 2.05) is 0 Å². The van der Waals surface area contributed by atoms with E-state index in [0.29, 0.717) is 10.4 Å². The molecule has 0 fully saturated rings. The highest BCUT2D eigenvalue weighted by Gasteiger charge is 2.18. The first-order valence-corrected chi connectivity index (χ1v) is 8.19. The fourth-order valence-electron chi connectivity index (χ4n) is 1.50. The Labute approximate surface area is 125 Å². The van der Waals surface area contributed by atoms with Crippen molar-refractivity contribution >= 4 is 44.3 Å². The van der Waals surface area contributed by atoms with Crippen LogP contribution in [0, 0.1) is 12.7 Å². The minimum atomic E-state index is -3.78. The van der Waals surface area contributed by atoms with Crippen LogP contribution in [-0.2, 0) is 10.0 Å². The van der Waals surface area contributed by atoms with Crippen molar-refractivity contribution in [1.29, 1.82) is 0 Å². The maximum absolute atomic E-state index is 13.2. The average molecular weight is 330 g/mol. The molecule has 1 heterocycles. The van der Waals surface area contributed by atoms with Crippen LogP contribution >= 0.6 is 23.6 Å². The summed E-state index contributed by atoms with van der Waals surface area (Å²) in [6, 6.07) is 6.86. The van der Waals surface area contributed by atoms with Gasteiger partial charge in [-0.1, -0.05) is 18.3 Å². The summed E-state index contributed by atoms with van der Waals surface area (Å²) in [5.41, 5.74) is 6.27. The molecule has 0 radical (unpaired) electrons. The molecule has 3 N–H and O–H groups in total. The molecule has 20 heavy (non-hydrogen) atoms. The summed E-state index contributed by atoms with van der Waals surface area (Å²) in [6.07, 6.45) is 0. The molecular weight excluding hydrogens is 319 g/mol. The quantitative estimate of drug-likeness (QED) is 0.845. The summed E-state index contributed by atoms with van der Waals surface area (Å²) in [6.45, 7) is 1.69. The molecule has 8 heteroatoms. The van der Waals surface area contributed by atoms with Crippen LogP contribution in [0.5, 0.6) is 0 Å². The highest BCUT2D eigenvalue weighted by Crippen LogP contribution is 2.25. The monoisotopic (exact) mass is 330 g/mol. The fourth-order valence-corrected chi connectivity index (χ4v) is 3.97. The lowest BCUT2D eigenvalue weighted by atomic mass is 10.2. The zero-order valence-electron chi connectivity index (χ0n) is 10.4. The van der Waals surface area contributed by atoms with E-state index >= 15 is 0 Å². The van der Waals surface area contributed by atoms with Gasteiger partial charge in [0.1, 0.15) is 15.0 Å². The van der Waals surface area contributed by atoms with E-state index in [0.717, 1.165) is 17.4 Å². The zero-order valence-corrected chi connectivity index (χ0v) is 12.8. The van der Waals surface area contributed by atoms with Gasteiger partial charge in [-0.3, -0.25) is 4.72 Å². The van der Waals surface area contributed by atoms with Crippen molar-refractivity contribution in [2.75, 3.05) is 4.72 Å². The topological polar surface area (TPSA) is 72.2 Å². The Morgan fingerprint density at radius 2 is 2.05 bits per heavy atom. The Morgan fingerprint density at radius 3 is 2.65 bits per heavy atom. The Morgan fingerprint density at radius 1 is 1.35 bits per heavy atom. The van der Waals surface area contributed by atoms with Crippen LogP contribution in [0.1, 0.15) is 10.4 Å². The number of nitrogens with two attached hydrogens (primary N) is 1. The minimum absolute atomic E-state index is 0.0731. The highest BCUT2D eigenvalue weighted by atomic mass is 32.2. The molecule has 0 amide bonds. The molecule has 2 rings (SSSR count).